The Morgan fingerprint density at radius 2 is 1.84 bits per heavy atom. The number of aromatic nitrogens is 3. The lowest BCUT2D eigenvalue weighted by Gasteiger charge is -2.09. The molecular weight excluding hydrogens is 262 g/mol. The van der Waals surface area contributed by atoms with Gasteiger partial charge in [0.15, 0.2) is 0 Å². The van der Waals surface area contributed by atoms with Crippen LogP contribution in [0.3, 0.4) is 0 Å². The van der Waals surface area contributed by atoms with E-state index in [0.717, 1.165) is 11.0 Å². The highest BCUT2D eigenvalue weighted by atomic mass is 32.2. The molecule has 0 aliphatic heterocycles. The van der Waals surface area contributed by atoms with Gasteiger partial charge in [-0.05, 0) is 42.8 Å². The Bertz CT molecular complexity index is 650. The van der Waals surface area contributed by atoms with Crippen LogP contribution in [0.1, 0.15) is 17.0 Å². The van der Waals surface area contributed by atoms with E-state index in [2.05, 4.69) is 5.10 Å². The molecule has 1 aromatic carbocycles. The van der Waals surface area contributed by atoms with Gasteiger partial charge in [0, 0.05) is 6.92 Å². The minimum Gasteiger partial charge on any atom is -0.508 e. The number of hydrogen-bond acceptors (Lipinski definition) is 4. The molecule has 0 aliphatic carbocycles. The molecule has 2 aromatic rings. The minimum absolute atomic E-state index is 0.188. The molecule has 19 heavy (non-hydrogen) atoms. The van der Waals surface area contributed by atoms with E-state index in [1.54, 1.807) is 24.6 Å². The number of benzene rings is 1. The van der Waals surface area contributed by atoms with Crippen molar-refractivity contribution >= 4 is 11.8 Å². The van der Waals surface area contributed by atoms with Gasteiger partial charge in [0.2, 0.25) is 5.82 Å². The summed E-state index contributed by atoms with van der Waals surface area (Å²) in [6.45, 7) is 5.54. The summed E-state index contributed by atoms with van der Waals surface area (Å²) in [4.78, 5) is 0.606. The monoisotopic (exact) mass is 280 g/mol. The lowest BCUT2D eigenvalue weighted by atomic mass is 10.1. The Balaban J connectivity index is 2.47. The smallest absolute Gasteiger partial charge is 0.341 e. The Hall–Kier alpha value is -1.69. The molecule has 0 atom stereocenters. The van der Waals surface area contributed by atoms with Crippen molar-refractivity contribution in [3.63, 3.8) is 0 Å². The zero-order valence-corrected chi connectivity index (χ0v) is 12.5. The highest BCUT2D eigenvalue weighted by molar-refractivity contribution is 7.99. The molecule has 0 bridgehead atoms. The summed E-state index contributed by atoms with van der Waals surface area (Å²) in [5.74, 6) is 1.40. The molecule has 0 radical (unpaired) electrons. The lowest BCUT2D eigenvalue weighted by molar-refractivity contribution is -0.715. The van der Waals surface area contributed by atoms with Crippen LogP contribution in [0.4, 0.5) is 0 Å². The van der Waals surface area contributed by atoms with Gasteiger partial charge in [-0.1, -0.05) is 0 Å². The largest absolute Gasteiger partial charge is 0.508 e. The Morgan fingerprint density at radius 3 is 2.37 bits per heavy atom. The Morgan fingerprint density at radius 1 is 1.21 bits per heavy atom. The van der Waals surface area contributed by atoms with Gasteiger partial charge in [-0.2, -0.15) is 0 Å². The number of aryl methyl sites for hydroxylation is 1. The molecule has 2 rings (SSSR count). The lowest BCUT2D eigenvalue weighted by Crippen LogP contribution is -2.32. The zero-order chi connectivity index (χ0) is 14.3. The van der Waals surface area contributed by atoms with Crippen molar-refractivity contribution in [1.82, 2.24) is 9.78 Å². The van der Waals surface area contributed by atoms with Gasteiger partial charge in [0.25, 0.3) is 0 Å². The van der Waals surface area contributed by atoms with Crippen LogP contribution in [0.15, 0.2) is 16.1 Å². The first-order valence-corrected chi connectivity index (χ1v) is 6.74. The molecule has 0 fully saturated rings. The van der Waals surface area contributed by atoms with Crippen molar-refractivity contribution in [3.05, 3.63) is 23.0 Å². The normalized spacial score (nSPS) is 11.0. The molecule has 0 unspecified atom stereocenters. The standard InChI is InChI=1S/C13H17N3O2S/c1-7-8(2)12(18)11(6-10(7)17)19-13-14-16(5)9(3)15(13)4/h6H,1-5H3,(H-,17,18)/p+1. The molecule has 102 valence electrons. The van der Waals surface area contributed by atoms with Crippen molar-refractivity contribution < 1.29 is 14.8 Å². The van der Waals surface area contributed by atoms with Gasteiger partial charge in [-0.25, -0.2) is 4.57 Å². The van der Waals surface area contributed by atoms with E-state index < -0.39 is 0 Å². The summed E-state index contributed by atoms with van der Waals surface area (Å²) in [6.07, 6.45) is 0. The van der Waals surface area contributed by atoms with E-state index in [4.69, 9.17) is 0 Å². The van der Waals surface area contributed by atoms with Crippen LogP contribution in [-0.4, -0.2) is 20.0 Å². The third kappa shape index (κ3) is 2.28. The molecule has 0 saturated carbocycles. The highest BCUT2D eigenvalue weighted by Gasteiger charge is 2.21. The summed E-state index contributed by atoms with van der Waals surface area (Å²) in [7, 11) is 3.79. The maximum Gasteiger partial charge on any atom is 0.341 e. The first-order chi connectivity index (χ1) is 8.82. The number of hydrogen-bond donors (Lipinski definition) is 2. The van der Waals surface area contributed by atoms with Gasteiger partial charge in [-0.3, -0.25) is 0 Å². The quantitative estimate of drug-likeness (QED) is 0.649. The van der Waals surface area contributed by atoms with E-state index in [-0.39, 0.29) is 11.5 Å². The van der Waals surface area contributed by atoms with Crippen LogP contribution >= 0.6 is 11.8 Å². The fourth-order valence-corrected chi connectivity index (χ4v) is 2.79. The highest BCUT2D eigenvalue weighted by Crippen LogP contribution is 2.39. The van der Waals surface area contributed by atoms with E-state index >= 15 is 0 Å². The number of aromatic hydroxyl groups is 2. The molecule has 0 aliphatic rings. The van der Waals surface area contributed by atoms with Crippen molar-refractivity contribution in [1.29, 1.82) is 0 Å². The second-order valence-corrected chi connectivity index (χ2v) is 5.62. The van der Waals surface area contributed by atoms with Crippen LogP contribution in [0.5, 0.6) is 11.5 Å². The molecule has 6 heteroatoms. The van der Waals surface area contributed by atoms with Gasteiger partial charge in [0.05, 0.1) is 24.1 Å². The first-order valence-electron chi connectivity index (χ1n) is 5.92. The second-order valence-electron chi connectivity index (χ2n) is 4.61. The van der Waals surface area contributed by atoms with Crippen LogP contribution < -0.4 is 4.57 Å². The molecule has 5 nitrogen and oxygen atoms in total. The topological polar surface area (TPSA) is 62.2 Å². The average molecular weight is 280 g/mol. The number of phenolic OH excluding ortho intramolecular Hbond substituents is 2. The van der Waals surface area contributed by atoms with E-state index in [1.165, 1.54) is 11.8 Å². The number of rotatable bonds is 2. The minimum atomic E-state index is 0.188. The van der Waals surface area contributed by atoms with Gasteiger partial charge in [0.1, 0.15) is 11.5 Å². The van der Waals surface area contributed by atoms with Crippen molar-refractivity contribution in [2.45, 2.75) is 30.8 Å². The van der Waals surface area contributed by atoms with Crippen molar-refractivity contribution in [2.75, 3.05) is 0 Å². The SMILES string of the molecule is Cc1c(O)cc(Sc2nn(C)c(C)[n+]2C)c(O)c1C. The fraction of sp³-hybridized carbons (Fsp3) is 0.385. The molecule has 0 spiro atoms. The molecule has 0 amide bonds. The van der Waals surface area contributed by atoms with Crippen LogP contribution in [-0.2, 0) is 14.1 Å². The predicted octanol–water partition coefficient (Wildman–Crippen LogP) is 1.73. The van der Waals surface area contributed by atoms with Crippen LogP contribution in [0.2, 0.25) is 0 Å². The van der Waals surface area contributed by atoms with Crippen molar-refractivity contribution in [3.8, 4) is 11.5 Å². The van der Waals surface area contributed by atoms with E-state index in [1.807, 2.05) is 25.6 Å². The fourth-order valence-electron chi connectivity index (χ4n) is 1.74. The predicted molar refractivity (Wildman–Crippen MR) is 72.5 cm³/mol. The third-order valence-corrected chi connectivity index (χ3v) is 4.55. The summed E-state index contributed by atoms with van der Waals surface area (Å²) in [6, 6.07) is 1.58. The van der Waals surface area contributed by atoms with Gasteiger partial charge in [-0.15, -0.1) is 4.68 Å². The first kappa shape index (κ1) is 13.7. The van der Waals surface area contributed by atoms with E-state index in [9.17, 15) is 10.2 Å². The Kier molecular flexibility index (Phi) is 3.45. The van der Waals surface area contributed by atoms with Gasteiger partial charge < -0.3 is 10.2 Å². The molecule has 2 N–H and O–H groups in total. The number of nitrogens with zero attached hydrogens (tertiary/aromatic N) is 3. The molecule has 1 heterocycles. The molecule has 1 aromatic heterocycles. The Labute approximate surface area is 116 Å². The summed E-state index contributed by atoms with van der Waals surface area (Å²) in [5, 5.41) is 25.2. The maximum atomic E-state index is 10.2. The molecular formula is C13H18N3O2S+. The summed E-state index contributed by atoms with van der Waals surface area (Å²) >= 11 is 1.33. The summed E-state index contributed by atoms with van der Waals surface area (Å²) < 4.78 is 3.72. The maximum absolute atomic E-state index is 10.2. The van der Waals surface area contributed by atoms with Crippen LogP contribution in [0.25, 0.3) is 0 Å². The van der Waals surface area contributed by atoms with E-state index in [0.29, 0.717) is 16.0 Å². The second kappa shape index (κ2) is 4.77. The van der Waals surface area contributed by atoms with Crippen LogP contribution in [0, 0.1) is 20.8 Å². The van der Waals surface area contributed by atoms with Gasteiger partial charge >= 0.3 is 5.16 Å². The number of phenols is 2. The summed E-state index contributed by atoms with van der Waals surface area (Å²) in [5.41, 5.74) is 1.39. The third-order valence-electron chi connectivity index (χ3n) is 3.48. The molecule has 0 saturated heterocycles. The zero-order valence-electron chi connectivity index (χ0n) is 11.7. The average Bonchev–Trinajstić information content (AvgIpc) is 2.61. The van der Waals surface area contributed by atoms with Crippen molar-refractivity contribution in [2.24, 2.45) is 14.1 Å².